The van der Waals surface area contributed by atoms with Crippen LogP contribution in [0, 0.1) is 24.0 Å². The van der Waals surface area contributed by atoms with Crippen molar-refractivity contribution in [3.63, 3.8) is 0 Å². The first-order valence-electron chi connectivity index (χ1n) is 6.67. The molecular weight excluding hydrogens is 278 g/mol. The number of hydrogen-bond donors (Lipinski definition) is 1. The van der Waals surface area contributed by atoms with Crippen LogP contribution in [0.4, 0.5) is 5.69 Å². The van der Waals surface area contributed by atoms with Crippen LogP contribution in [0.3, 0.4) is 0 Å². The first-order valence-corrected chi connectivity index (χ1v) is 8.15. The quantitative estimate of drug-likeness (QED) is 0.674. The molecule has 0 unspecified atom stereocenters. The molecule has 0 saturated carbocycles. The van der Waals surface area contributed by atoms with Crippen molar-refractivity contribution in [1.29, 1.82) is 0 Å². The lowest BCUT2D eigenvalue weighted by Crippen LogP contribution is -2.35. The Hall–Kier alpha value is -1.34. The number of pyridine rings is 1. The third-order valence-electron chi connectivity index (χ3n) is 3.70. The Kier molecular flexibility index (Phi) is 4.82. The van der Waals surface area contributed by atoms with E-state index in [1.165, 1.54) is 0 Å². The van der Waals surface area contributed by atoms with Crippen LogP contribution < -0.4 is 5.32 Å². The summed E-state index contributed by atoms with van der Waals surface area (Å²) in [6.45, 7) is 3.96. The van der Waals surface area contributed by atoms with E-state index in [4.69, 9.17) is 0 Å². The largest absolute Gasteiger partial charge is 0.308 e. The summed E-state index contributed by atoms with van der Waals surface area (Å²) < 4.78 is 11.3. The number of nitro groups is 1. The SMILES string of the molecule is Cc1cnc(CNC2CCS(=O)CC2)c(C)c1[N+](=O)[O-]. The molecule has 1 N–H and O–H groups in total. The van der Waals surface area contributed by atoms with Gasteiger partial charge in [0.25, 0.3) is 5.69 Å². The van der Waals surface area contributed by atoms with Gasteiger partial charge in [-0.1, -0.05) is 0 Å². The summed E-state index contributed by atoms with van der Waals surface area (Å²) in [5.41, 5.74) is 2.08. The summed E-state index contributed by atoms with van der Waals surface area (Å²) in [4.78, 5) is 15.0. The predicted molar refractivity (Wildman–Crippen MR) is 78.1 cm³/mol. The lowest BCUT2D eigenvalue weighted by molar-refractivity contribution is -0.386. The van der Waals surface area contributed by atoms with Crippen LogP contribution in [0.1, 0.15) is 29.7 Å². The number of nitrogens with one attached hydrogen (secondary N) is 1. The Morgan fingerprint density at radius 1 is 1.45 bits per heavy atom. The van der Waals surface area contributed by atoms with E-state index in [0.29, 0.717) is 29.4 Å². The third kappa shape index (κ3) is 3.40. The van der Waals surface area contributed by atoms with Gasteiger partial charge in [0.2, 0.25) is 0 Å². The van der Waals surface area contributed by atoms with Gasteiger partial charge < -0.3 is 5.32 Å². The molecule has 2 heterocycles. The van der Waals surface area contributed by atoms with E-state index >= 15 is 0 Å². The van der Waals surface area contributed by atoms with Crippen molar-refractivity contribution in [2.45, 2.75) is 39.3 Å². The molecule has 0 bridgehead atoms. The van der Waals surface area contributed by atoms with Crippen molar-refractivity contribution in [3.05, 3.63) is 33.1 Å². The summed E-state index contributed by atoms with van der Waals surface area (Å²) >= 11 is 0. The fourth-order valence-corrected chi connectivity index (χ4v) is 3.76. The highest BCUT2D eigenvalue weighted by molar-refractivity contribution is 7.85. The van der Waals surface area contributed by atoms with Crippen molar-refractivity contribution in [1.82, 2.24) is 10.3 Å². The topological polar surface area (TPSA) is 85.1 Å². The fourth-order valence-electron chi connectivity index (χ4n) is 2.46. The highest BCUT2D eigenvalue weighted by Gasteiger charge is 2.21. The van der Waals surface area contributed by atoms with E-state index in [2.05, 4.69) is 10.3 Å². The smallest absolute Gasteiger partial charge is 0.278 e. The van der Waals surface area contributed by atoms with Crippen LogP contribution in [0.5, 0.6) is 0 Å². The van der Waals surface area contributed by atoms with Gasteiger partial charge in [0.05, 0.1) is 10.6 Å². The molecule has 0 aromatic carbocycles. The summed E-state index contributed by atoms with van der Waals surface area (Å²) in [7, 11) is -0.671. The average Bonchev–Trinajstić information content (AvgIpc) is 2.39. The standard InChI is InChI=1S/C13H19N3O3S/c1-9-7-15-12(10(2)13(9)16(17)18)8-14-11-3-5-20(19)6-4-11/h7,11,14H,3-6,8H2,1-2H3. The number of hydrogen-bond acceptors (Lipinski definition) is 5. The highest BCUT2D eigenvalue weighted by atomic mass is 32.2. The van der Waals surface area contributed by atoms with E-state index in [9.17, 15) is 14.3 Å². The molecule has 1 fully saturated rings. The molecule has 0 spiro atoms. The molecule has 0 aliphatic carbocycles. The Morgan fingerprint density at radius 2 is 2.10 bits per heavy atom. The monoisotopic (exact) mass is 297 g/mol. The van der Waals surface area contributed by atoms with E-state index in [1.807, 2.05) is 0 Å². The molecule has 1 aliphatic heterocycles. The maximum Gasteiger partial charge on any atom is 0.278 e. The lowest BCUT2D eigenvalue weighted by Gasteiger charge is -2.22. The van der Waals surface area contributed by atoms with Gasteiger partial charge in [-0.15, -0.1) is 0 Å². The first kappa shape index (κ1) is 15.1. The van der Waals surface area contributed by atoms with Crippen molar-refractivity contribution < 1.29 is 9.13 Å². The van der Waals surface area contributed by atoms with Crippen LogP contribution in [0.15, 0.2) is 6.20 Å². The van der Waals surface area contributed by atoms with Crippen molar-refractivity contribution in [3.8, 4) is 0 Å². The second-order valence-corrected chi connectivity index (χ2v) is 6.82. The molecule has 6 nitrogen and oxygen atoms in total. The molecule has 1 aromatic heterocycles. The lowest BCUT2D eigenvalue weighted by atomic mass is 10.1. The molecule has 1 aliphatic rings. The van der Waals surface area contributed by atoms with Gasteiger partial charge in [0.15, 0.2) is 0 Å². The average molecular weight is 297 g/mol. The summed E-state index contributed by atoms with van der Waals surface area (Å²) in [6, 6.07) is 0.328. The van der Waals surface area contributed by atoms with Crippen LogP contribution in [-0.4, -0.2) is 31.7 Å². The number of rotatable bonds is 4. The van der Waals surface area contributed by atoms with Gasteiger partial charge in [-0.2, -0.15) is 0 Å². The maximum absolute atomic E-state index is 11.3. The fraction of sp³-hybridized carbons (Fsp3) is 0.615. The van der Waals surface area contributed by atoms with Crippen LogP contribution in [0.25, 0.3) is 0 Å². The third-order valence-corrected chi connectivity index (χ3v) is 5.09. The van der Waals surface area contributed by atoms with Gasteiger partial charge in [-0.3, -0.25) is 19.3 Å². The Bertz CT molecular complexity index is 538. The summed E-state index contributed by atoms with van der Waals surface area (Å²) in [6.07, 6.45) is 3.33. The van der Waals surface area contributed by atoms with Crippen molar-refractivity contribution in [2.75, 3.05) is 11.5 Å². The first-order chi connectivity index (χ1) is 9.49. The van der Waals surface area contributed by atoms with Crippen LogP contribution in [0.2, 0.25) is 0 Å². The summed E-state index contributed by atoms with van der Waals surface area (Å²) in [5, 5.41) is 14.4. The minimum Gasteiger partial charge on any atom is -0.308 e. The number of nitrogens with zero attached hydrogens (tertiary/aromatic N) is 2. The van der Waals surface area contributed by atoms with Gasteiger partial charge in [-0.25, -0.2) is 0 Å². The van der Waals surface area contributed by atoms with Gasteiger partial charge in [0.1, 0.15) is 0 Å². The molecule has 1 aromatic rings. The Balaban J connectivity index is 2.05. The number of aromatic nitrogens is 1. The van der Waals surface area contributed by atoms with Crippen LogP contribution in [-0.2, 0) is 17.3 Å². The van der Waals surface area contributed by atoms with E-state index in [0.717, 1.165) is 24.3 Å². The molecule has 110 valence electrons. The zero-order valence-electron chi connectivity index (χ0n) is 11.7. The Labute approximate surface area is 120 Å². The van der Waals surface area contributed by atoms with Gasteiger partial charge in [0, 0.05) is 52.2 Å². The normalized spacial score (nSPS) is 22.7. The highest BCUT2D eigenvalue weighted by Crippen LogP contribution is 2.24. The van der Waals surface area contributed by atoms with Crippen molar-refractivity contribution in [2.24, 2.45) is 0 Å². The Morgan fingerprint density at radius 3 is 2.70 bits per heavy atom. The molecular formula is C13H19N3O3S. The maximum atomic E-state index is 11.3. The van der Waals surface area contributed by atoms with E-state index < -0.39 is 10.8 Å². The zero-order chi connectivity index (χ0) is 14.7. The second-order valence-electron chi connectivity index (χ2n) is 5.12. The minimum atomic E-state index is -0.671. The zero-order valence-corrected chi connectivity index (χ0v) is 12.5. The molecule has 0 amide bonds. The molecule has 0 atom stereocenters. The molecule has 0 radical (unpaired) electrons. The van der Waals surface area contributed by atoms with Crippen molar-refractivity contribution >= 4 is 16.5 Å². The summed E-state index contributed by atoms with van der Waals surface area (Å²) in [5.74, 6) is 1.47. The van der Waals surface area contributed by atoms with Gasteiger partial charge >= 0.3 is 0 Å². The molecule has 20 heavy (non-hydrogen) atoms. The number of aryl methyl sites for hydroxylation is 1. The molecule has 1 saturated heterocycles. The predicted octanol–water partition coefficient (Wildman–Crippen LogP) is 1.61. The van der Waals surface area contributed by atoms with E-state index in [1.54, 1.807) is 20.0 Å². The second kappa shape index (κ2) is 6.41. The van der Waals surface area contributed by atoms with Gasteiger partial charge in [-0.05, 0) is 26.7 Å². The van der Waals surface area contributed by atoms with Crippen LogP contribution >= 0.6 is 0 Å². The molecule has 7 heteroatoms. The van der Waals surface area contributed by atoms with E-state index in [-0.39, 0.29) is 10.6 Å². The molecule has 2 rings (SSSR count). The minimum absolute atomic E-state index is 0.154.